The summed E-state index contributed by atoms with van der Waals surface area (Å²) in [7, 11) is 1.60. The van der Waals surface area contributed by atoms with Crippen LogP contribution in [0, 0.1) is 17.1 Å². The van der Waals surface area contributed by atoms with Crippen LogP contribution in [0.25, 0.3) is 0 Å². The normalized spacial score (nSPS) is 16.3. The third-order valence-corrected chi connectivity index (χ3v) is 3.56. The Hall–Kier alpha value is -1.93. The van der Waals surface area contributed by atoms with E-state index in [4.69, 9.17) is 10.00 Å². The van der Waals surface area contributed by atoms with Crippen molar-refractivity contribution in [3.8, 4) is 6.07 Å². The first-order chi connectivity index (χ1) is 9.08. The van der Waals surface area contributed by atoms with E-state index in [0.29, 0.717) is 5.69 Å². The molecule has 19 heavy (non-hydrogen) atoms. The summed E-state index contributed by atoms with van der Waals surface area (Å²) in [6.07, 6.45) is 3.05. The van der Waals surface area contributed by atoms with Crippen molar-refractivity contribution in [2.24, 2.45) is 0 Å². The first-order valence-corrected chi connectivity index (χ1v) is 6.13. The van der Waals surface area contributed by atoms with Gasteiger partial charge in [-0.2, -0.15) is 5.26 Å². The highest BCUT2D eigenvalue weighted by Crippen LogP contribution is 2.38. The van der Waals surface area contributed by atoms with E-state index in [-0.39, 0.29) is 23.5 Å². The SMILES string of the molecule is COC1(CC(=O)Nc2ccc(F)cc2C#N)CCC1. The van der Waals surface area contributed by atoms with Crippen molar-refractivity contribution in [3.05, 3.63) is 29.6 Å². The van der Waals surface area contributed by atoms with E-state index in [1.807, 2.05) is 6.07 Å². The van der Waals surface area contributed by atoms with E-state index in [0.717, 1.165) is 25.3 Å². The van der Waals surface area contributed by atoms with Crippen LogP contribution in [0.1, 0.15) is 31.2 Å². The van der Waals surface area contributed by atoms with E-state index in [9.17, 15) is 9.18 Å². The van der Waals surface area contributed by atoms with Gasteiger partial charge in [-0.05, 0) is 37.5 Å². The molecule has 0 aliphatic heterocycles. The average Bonchev–Trinajstić information content (AvgIpc) is 2.36. The van der Waals surface area contributed by atoms with Crippen molar-refractivity contribution in [1.29, 1.82) is 5.26 Å². The van der Waals surface area contributed by atoms with Crippen LogP contribution in [0.15, 0.2) is 18.2 Å². The first kappa shape index (κ1) is 13.5. The Morgan fingerprint density at radius 3 is 2.84 bits per heavy atom. The summed E-state index contributed by atoms with van der Waals surface area (Å²) < 4.78 is 18.3. The number of nitrogens with zero attached hydrogens (tertiary/aromatic N) is 1. The number of benzene rings is 1. The first-order valence-electron chi connectivity index (χ1n) is 6.13. The molecule has 1 saturated carbocycles. The van der Waals surface area contributed by atoms with Gasteiger partial charge in [-0.1, -0.05) is 0 Å². The fourth-order valence-electron chi connectivity index (χ4n) is 2.23. The highest BCUT2D eigenvalue weighted by molar-refractivity contribution is 5.92. The van der Waals surface area contributed by atoms with Crippen molar-refractivity contribution in [2.75, 3.05) is 12.4 Å². The molecule has 1 aromatic carbocycles. The number of carbonyl (C=O) groups excluding carboxylic acids is 1. The lowest BCUT2D eigenvalue weighted by Gasteiger charge is -2.39. The van der Waals surface area contributed by atoms with Crippen molar-refractivity contribution < 1.29 is 13.9 Å². The van der Waals surface area contributed by atoms with E-state index >= 15 is 0 Å². The number of amides is 1. The molecule has 1 aromatic rings. The minimum absolute atomic E-state index is 0.119. The highest BCUT2D eigenvalue weighted by Gasteiger charge is 2.39. The molecule has 0 unspecified atom stereocenters. The Kier molecular flexibility index (Phi) is 3.82. The topological polar surface area (TPSA) is 62.1 Å². The third-order valence-electron chi connectivity index (χ3n) is 3.56. The molecule has 0 aromatic heterocycles. The van der Waals surface area contributed by atoms with Gasteiger partial charge >= 0.3 is 0 Å². The number of hydrogen-bond donors (Lipinski definition) is 1. The summed E-state index contributed by atoms with van der Waals surface area (Å²) in [5, 5.41) is 11.5. The Morgan fingerprint density at radius 2 is 2.32 bits per heavy atom. The van der Waals surface area contributed by atoms with Gasteiger partial charge in [0, 0.05) is 7.11 Å². The molecule has 0 radical (unpaired) electrons. The highest BCUT2D eigenvalue weighted by atomic mass is 19.1. The molecule has 0 atom stereocenters. The second kappa shape index (κ2) is 5.37. The maximum Gasteiger partial charge on any atom is 0.227 e. The number of rotatable bonds is 4. The van der Waals surface area contributed by atoms with E-state index < -0.39 is 5.82 Å². The smallest absolute Gasteiger partial charge is 0.227 e. The van der Waals surface area contributed by atoms with E-state index in [2.05, 4.69) is 5.32 Å². The van der Waals surface area contributed by atoms with Crippen molar-refractivity contribution in [1.82, 2.24) is 0 Å². The lowest BCUT2D eigenvalue weighted by Crippen LogP contribution is -2.42. The van der Waals surface area contributed by atoms with Crippen LogP contribution >= 0.6 is 0 Å². The molecule has 5 heteroatoms. The van der Waals surface area contributed by atoms with Gasteiger partial charge in [-0.15, -0.1) is 0 Å². The van der Waals surface area contributed by atoms with Crippen LogP contribution < -0.4 is 5.32 Å². The lowest BCUT2D eigenvalue weighted by molar-refractivity contribution is -0.129. The molecule has 2 rings (SSSR count). The average molecular weight is 262 g/mol. The summed E-state index contributed by atoms with van der Waals surface area (Å²) in [4.78, 5) is 11.9. The molecule has 0 saturated heterocycles. The largest absolute Gasteiger partial charge is 0.378 e. The number of halogens is 1. The van der Waals surface area contributed by atoms with E-state index in [1.165, 1.54) is 12.1 Å². The number of nitrogens with one attached hydrogen (secondary N) is 1. The van der Waals surface area contributed by atoms with Gasteiger partial charge in [0.15, 0.2) is 0 Å². The predicted molar refractivity (Wildman–Crippen MR) is 68.0 cm³/mol. The summed E-state index contributed by atoms with van der Waals surface area (Å²) >= 11 is 0. The van der Waals surface area contributed by atoms with Crippen LogP contribution in [0.4, 0.5) is 10.1 Å². The number of anilines is 1. The van der Waals surface area contributed by atoms with Gasteiger partial charge in [0.05, 0.1) is 23.3 Å². The Morgan fingerprint density at radius 1 is 1.58 bits per heavy atom. The Labute approximate surface area is 111 Å². The molecule has 0 heterocycles. The molecular weight excluding hydrogens is 247 g/mol. The maximum absolute atomic E-state index is 13.0. The zero-order chi connectivity index (χ0) is 13.9. The Bertz CT molecular complexity index is 527. The third kappa shape index (κ3) is 2.91. The molecule has 1 aliphatic rings. The van der Waals surface area contributed by atoms with Gasteiger partial charge in [0.2, 0.25) is 5.91 Å². The van der Waals surface area contributed by atoms with Crippen molar-refractivity contribution in [2.45, 2.75) is 31.3 Å². The zero-order valence-corrected chi connectivity index (χ0v) is 10.7. The summed E-state index contributed by atoms with van der Waals surface area (Å²) in [5.41, 5.74) is 0.0876. The van der Waals surface area contributed by atoms with Crippen molar-refractivity contribution in [3.63, 3.8) is 0 Å². The van der Waals surface area contributed by atoms with Gasteiger partial charge < -0.3 is 10.1 Å². The number of carbonyl (C=O) groups is 1. The summed E-state index contributed by atoms with van der Waals surface area (Å²) in [5.74, 6) is -0.716. The number of nitriles is 1. The van der Waals surface area contributed by atoms with Crippen LogP contribution in [-0.2, 0) is 9.53 Å². The van der Waals surface area contributed by atoms with Crippen molar-refractivity contribution >= 4 is 11.6 Å². The molecule has 0 spiro atoms. The van der Waals surface area contributed by atoms with Crippen LogP contribution in [0.3, 0.4) is 0 Å². The molecule has 1 N–H and O–H groups in total. The van der Waals surface area contributed by atoms with Crippen LogP contribution in [0.2, 0.25) is 0 Å². The molecule has 0 bridgehead atoms. The molecule has 4 nitrogen and oxygen atoms in total. The van der Waals surface area contributed by atoms with Gasteiger partial charge in [-0.3, -0.25) is 4.79 Å². The molecule has 1 aliphatic carbocycles. The van der Waals surface area contributed by atoms with Gasteiger partial charge in [0.1, 0.15) is 11.9 Å². The number of ether oxygens (including phenoxy) is 1. The molecule has 1 fully saturated rings. The van der Waals surface area contributed by atoms with Gasteiger partial charge in [0.25, 0.3) is 0 Å². The minimum Gasteiger partial charge on any atom is -0.378 e. The van der Waals surface area contributed by atoms with Crippen LogP contribution in [0.5, 0.6) is 0 Å². The Balaban J connectivity index is 2.05. The molecule has 1 amide bonds. The van der Waals surface area contributed by atoms with Crippen LogP contribution in [-0.4, -0.2) is 18.6 Å². The quantitative estimate of drug-likeness (QED) is 0.907. The molecule has 100 valence electrons. The maximum atomic E-state index is 13.0. The lowest BCUT2D eigenvalue weighted by atomic mass is 9.77. The second-order valence-corrected chi connectivity index (χ2v) is 4.77. The number of hydrogen-bond acceptors (Lipinski definition) is 3. The fourth-order valence-corrected chi connectivity index (χ4v) is 2.23. The predicted octanol–water partition coefficient (Wildman–Crippen LogP) is 2.60. The monoisotopic (exact) mass is 262 g/mol. The summed E-state index contributed by atoms with van der Waals surface area (Å²) in [6.45, 7) is 0. The van der Waals surface area contributed by atoms with Gasteiger partial charge in [-0.25, -0.2) is 4.39 Å². The zero-order valence-electron chi connectivity index (χ0n) is 10.7. The molecular formula is C14H15FN2O2. The minimum atomic E-state index is -0.498. The summed E-state index contributed by atoms with van der Waals surface area (Å²) in [6, 6.07) is 5.57. The number of methoxy groups -OCH3 is 1. The second-order valence-electron chi connectivity index (χ2n) is 4.77. The fraction of sp³-hybridized carbons (Fsp3) is 0.429. The van der Waals surface area contributed by atoms with E-state index in [1.54, 1.807) is 7.11 Å². The standard InChI is InChI=1S/C14H15FN2O2/c1-19-14(5-2-6-14)8-13(18)17-12-4-3-11(15)7-10(12)9-16/h3-4,7H,2,5-6,8H2,1H3,(H,17,18).